The van der Waals surface area contributed by atoms with Crippen molar-refractivity contribution in [3.8, 4) is 5.75 Å². The Morgan fingerprint density at radius 3 is 2.87 bits per heavy atom. The molecule has 0 spiro atoms. The lowest BCUT2D eigenvalue weighted by Gasteiger charge is -2.08. The average Bonchev–Trinajstić information content (AvgIpc) is 2.20. The van der Waals surface area contributed by atoms with E-state index in [0.717, 1.165) is 21.7 Å². The number of ether oxygens (including phenoxy) is 1. The number of thioether (sulfide) groups is 1. The Morgan fingerprint density at radius 1 is 1.53 bits per heavy atom. The van der Waals surface area contributed by atoms with Gasteiger partial charge in [0.1, 0.15) is 5.75 Å². The van der Waals surface area contributed by atoms with Crippen molar-refractivity contribution < 1.29 is 4.74 Å². The fourth-order valence-electron chi connectivity index (χ4n) is 1.14. The van der Waals surface area contributed by atoms with Gasteiger partial charge in [-0.1, -0.05) is 15.9 Å². The van der Waals surface area contributed by atoms with Gasteiger partial charge in [0.25, 0.3) is 0 Å². The molecule has 4 heteroatoms. The largest absolute Gasteiger partial charge is 0.497 e. The first-order chi connectivity index (χ1) is 7.13. The van der Waals surface area contributed by atoms with Crippen LogP contribution in [0.1, 0.15) is 12.5 Å². The van der Waals surface area contributed by atoms with Gasteiger partial charge in [0, 0.05) is 22.0 Å². The van der Waals surface area contributed by atoms with Crippen LogP contribution in [0.15, 0.2) is 22.7 Å². The van der Waals surface area contributed by atoms with Crippen molar-refractivity contribution in [2.75, 3.05) is 12.9 Å². The maximum atomic E-state index is 5.69. The Kier molecular flexibility index (Phi) is 5.50. The summed E-state index contributed by atoms with van der Waals surface area (Å²) in [5.74, 6) is 2.83. The molecule has 0 saturated heterocycles. The molecule has 1 unspecified atom stereocenters. The number of hydrogen-bond acceptors (Lipinski definition) is 3. The first-order valence-corrected chi connectivity index (χ1v) is 6.74. The fraction of sp³-hybridized carbons (Fsp3) is 0.455. The summed E-state index contributed by atoms with van der Waals surface area (Å²) in [6, 6.07) is 6.27. The second kappa shape index (κ2) is 6.40. The van der Waals surface area contributed by atoms with Crippen molar-refractivity contribution in [1.29, 1.82) is 0 Å². The number of benzene rings is 1. The van der Waals surface area contributed by atoms with E-state index < -0.39 is 0 Å². The van der Waals surface area contributed by atoms with E-state index in [1.54, 1.807) is 7.11 Å². The van der Waals surface area contributed by atoms with Crippen molar-refractivity contribution in [3.63, 3.8) is 0 Å². The summed E-state index contributed by atoms with van der Waals surface area (Å²) in [5, 5.41) is 0. The zero-order chi connectivity index (χ0) is 11.3. The van der Waals surface area contributed by atoms with Gasteiger partial charge in [-0.25, -0.2) is 0 Å². The summed E-state index contributed by atoms with van der Waals surface area (Å²) >= 11 is 5.36. The van der Waals surface area contributed by atoms with E-state index in [0.29, 0.717) is 0 Å². The molecule has 0 aliphatic carbocycles. The van der Waals surface area contributed by atoms with E-state index >= 15 is 0 Å². The van der Waals surface area contributed by atoms with E-state index in [1.807, 2.05) is 30.8 Å². The van der Waals surface area contributed by atoms with Gasteiger partial charge in [0.2, 0.25) is 0 Å². The van der Waals surface area contributed by atoms with Gasteiger partial charge in [-0.05, 0) is 30.7 Å². The molecule has 1 aromatic carbocycles. The predicted octanol–water partition coefficient (Wildman–Crippen LogP) is 3.04. The van der Waals surface area contributed by atoms with Gasteiger partial charge in [-0.2, -0.15) is 11.8 Å². The topological polar surface area (TPSA) is 35.2 Å². The lowest BCUT2D eigenvalue weighted by molar-refractivity contribution is 0.414. The molecule has 0 heterocycles. The van der Waals surface area contributed by atoms with Crippen molar-refractivity contribution in [2.45, 2.75) is 18.7 Å². The van der Waals surface area contributed by atoms with Crippen molar-refractivity contribution in [1.82, 2.24) is 0 Å². The maximum Gasteiger partial charge on any atom is 0.119 e. The van der Waals surface area contributed by atoms with Crippen LogP contribution in [0.25, 0.3) is 0 Å². The van der Waals surface area contributed by atoms with Crippen LogP contribution >= 0.6 is 27.7 Å². The molecular weight excluding hydrogens is 274 g/mol. The van der Waals surface area contributed by atoms with Crippen molar-refractivity contribution in [3.05, 3.63) is 28.2 Å². The van der Waals surface area contributed by atoms with Crippen LogP contribution in [0, 0.1) is 0 Å². The monoisotopic (exact) mass is 289 g/mol. The van der Waals surface area contributed by atoms with E-state index in [-0.39, 0.29) is 6.04 Å². The number of hydrogen-bond donors (Lipinski definition) is 1. The highest BCUT2D eigenvalue weighted by molar-refractivity contribution is 9.10. The number of methoxy groups -OCH3 is 1. The zero-order valence-electron chi connectivity index (χ0n) is 9.00. The molecule has 0 aliphatic heterocycles. The Morgan fingerprint density at radius 2 is 2.27 bits per heavy atom. The normalized spacial score (nSPS) is 12.5. The highest BCUT2D eigenvalue weighted by Gasteiger charge is 2.03. The second-order valence-corrected chi connectivity index (χ2v) is 5.33. The molecule has 0 amide bonds. The van der Waals surface area contributed by atoms with Gasteiger partial charge in [0.15, 0.2) is 0 Å². The maximum absolute atomic E-state index is 5.69. The van der Waals surface area contributed by atoms with Crippen molar-refractivity contribution >= 4 is 27.7 Å². The highest BCUT2D eigenvalue weighted by Crippen LogP contribution is 2.26. The molecule has 1 aromatic rings. The molecule has 0 aliphatic rings. The smallest absolute Gasteiger partial charge is 0.119 e. The van der Waals surface area contributed by atoms with Crippen molar-refractivity contribution in [2.24, 2.45) is 5.73 Å². The van der Waals surface area contributed by atoms with Gasteiger partial charge < -0.3 is 10.5 Å². The van der Waals surface area contributed by atoms with Crippen LogP contribution < -0.4 is 10.5 Å². The van der Waals surface area contributed by atoms with Gasteiger partial charge in [-0.15, -0.1) is 0 Å². The minimum atomic E-state index is 0.249. The molecule has 1 atom stereocenters. The van der Waals surface area contributed by atoms with Gasteiger partial charge in [0.05, 0.1) is 7.11 Å². The first-order valence-electron chi connectivity index (χ1n) is 4.79. The summed E-state index contributed by atoms with van der Waals surface area (Å²) in [6.45, 7) is 2.02. The molecule has 2 nitrogen and oxygen atoms in total. The molecule has 0 fully saturated rings. The molecule has 84 valence electrons. The zero-order valence-corrected chi connectivity index (χ0v) is 11.4. The summed E-state index contributed by atoms with van der Waals surface area (Å²) in [6.07, 6.45) is 0. The Labute approximate surface area is 104 Å². The van der Waals surface area contributed by atoms with E-state index in [1.165, 1.54) is 5.56 Å². The standard InChI is InChI=1S/C11H16BrNOS/c1-8(13)6-15-7-9-5-10(14-2)3-4-11(9)12/h3-5,8H,6-7,13H2,1-2H3. The van der Waals surface area contributed by atoms with Crippen LogP contribution in [0.5, 0.6) is 5.75 Å². The third kappa shape index (κ3) is 4.45. The Hall–Kier alpha value is -0.190. The number of halogens is 1. The predicted molar refractivity (Wildman–Crippen MR) is 70.5 cm³/mol. The first kappa shape index (κ1) is 12.9. The lowest BCUT2D eigenvalue weighted by Crippen LogP contribution is -2.17. The third-order valence-corrected chi connectivity index (χ3v) is 3.94. The third-order valence-electron chi connectivity index (χ3n) is 1.89. The SMILES string of the molecule is COc1ccc(Br)c(CSCC(C)N)c1. The molecule has 0 bridgehead atoms. The van der Waals surface area contributed by atoms with Gasteiger partial charge >= 0.3 is 0 Å². The van der Waals surface area contributed by atoms with E-state index in [4.69, 9.17) is 10.5 Å². The molecular formula is C11H16BrNOS. The molecule has 1 rings (SSSR count). The minimum Gasteiger partial charge on any atom is -0.497 e. The lowest BCUT2D eigenvalue weighted by atomic mass is 10.2. The van der Waals surface area contributed by atoms with Crippen LogP contribution in [0.3, 0.4) is 0 Å². The highest BCUT2D eigenvalue weighted by atomic mass is 79.9. The van der Waals surface area contributed by atoms with Gasteiger partial charge in [-0.3, -0.25) is 0 Å². The van der Waals surface area contributed by atoms with Crippen LogP contribution in [-0.4, -0.2) is 18.9 Å². The van der Waals surface area contributed by atoms with E-state index in [9.17, 15) is 0 Å². The quantitative estimate of drug-likeness (QED) is 0.905. The summed E-state index contributed by atoms with van der Waals surface area (Å²) < 4.78 is 6.31. The van der Waals surface area contributed by atoms with Crippen LogP contribution in [-0.2, 0) is 5.75 Å². The average molecular weight is 290 g/mol. The summed E-state index contributed by atoms with van der Waals surface area (Å²) in [4.78, 5) is 0. The second-order valence-electron chi connectivity index (χ2n) is 3.45. The summed E-state index contributed by atoms with van der Waals surface area (Å²) in [5.41, 5.74) is 6.94. The molecule has 0 aromatic heterocycles. The fourth-order valence-corrected chi connectivity index (χ4v) is 2.66. The molecule has 0 radical (unpaired) electrons. The minimum absolute atomic E-state index is 0.249. The van der Waals surface area contributed by atoms with Crippen LogP contribution in [0.4, 0.5) is 0 Å². The molecule has 0 saturated carbocycles. The molecule has 15 heavy (non-hydrogen) atoms. The Balaban J connectivity index is 2.59. The Bertz CT molecular complexity index is 317. The number of nitrogens with two attached hydrogens (primary N) is 1. The van der Waals surface area contributed by atoms with Crippen LogP contribution in [0.2, 0.25) is 0 Å². The number of rotatable bonds is 5. The van der Waals surface area contributed by atoms with E-state index in [2.05, 4.69) is 22.0 Å². The molecule has 2 N–H and O–H groups in total. The summed E-state index contributed by atoms with van der Waals surface area (Å²) in [7, 11) is 1.68.